The first-order valence-corrected chi connectivity index (χ1v) is 11.7. The number of aromatic nitrogens is 1. The number of nitrogens with zero attached hydrogens (tertiary/aromatic N) is 2. The van der Waals surface area contributed by atoms with Crippen molar-refractivity contribution in [2.24, 2.45) is 0 Å². The van der Waals surface area contributed by atoms with Crippen molar-refractivity contribution in [1.82, 2.24) is 9.47 Å². The van der Waals surface area contributed by atoms with Gasteiger partial charge >= 0.3 is 12.1 Å². The van der Waals surface area contributed by atoms with E-state index in [1.54, 1.807) is 11.7 Å². The van der Waals surface area contributed by atoms with Gasteiger partial charge in [-0.2, -0.15) is 0 Å². The molecule has 0 radical (unpaired) electrons. The molecule has 2 aliphatic rings. The fourth-order valence-corrected chi connectivity index (χ4v) is 5.34. The van der Waals surface area contributed by atoms with E-state index < -0.39 is 17.7 Å². The minimum atomic E-state index is -0.645. The van der Waals surface area contributed by atoms with Crippen LogP contribution in [-0.2, 0) is 20.7 Å². The number of esters is 1. The predicted molar refractivity (Wildman–Crippen MR) is 130 cm³/mol. The first-order valence-electron chi connectivity index (χ1n) is 10.9. The molecule has 0 aliphatic carbocycles. The van der Waals surface area contributed by atoms with Crippen LogP contribution in [0.3, 0.4) is 0 Å². The highest BCUT2D eigenvalue weighted by Gasteiger charge is 2.40. The molecule has 0 unspecified atom stereocenters. The summed E-state index contributed by atoms with van der Waals surface area (Å²) in [6.45, 7) is 11.2. The van der Waals surface area contributed by atoms with E-state index in [1.165, 1.54) is 7.11 Å². The van der Waals surface area contributed by atoms with Gasteiger partial charge in [-0.1, -0.05) is 6.58 Å². The lowest BCUT2D eigenvalue weighted by Gasteiger charge is -2.42. The van der Waals surface area contributed by atoms with Crippen LogP contribution < -0.4 is 4.74 Å². The second-order valence-electron chi connectivity index (χ2n) is 9.39. The predicted octanol–water partition coefficient (Wildman–Crippen LogP) is 5.11. The van der Waals surface area contributed by atoms with Crippen molar-refractivity contribution in [1.29, 1.82) is 0 Å². The van der Waals surface area contributed by atoms with Gasteiger partial charge < -0.3 is 14.2 Å². The number of carbonyl (C=O) groups is 2. The maximum Gasteiger partial charge on any atom is 0.419 e. The van der Waals surface area contributed by atoms with Crippen molar-refractivity contribution >= 4 is 38.9 Å². The van der Waals surface area contributed by atoms with Crippen molar-refractivity contribution in [3.63, 3.8) is 0 Å². The quantitative estimate of drug-likeness (QED) is 0.407. The molecule has 0 N–H and O–H groups in total. The Balaban J connectivity index is 1.92. The molecule has 7 nitrogen and oxygen atoms in total. The topological polar surface area (TPSA) is 70.0 Å². The van der Waals surface area contributed by atoms with Crippen LogP contribution in [0.1, 0.15) is 44.5 Å². The van der Waals surface area contributed by atoms with Crippen LogP contribution in [0.25, 0.3) is 10.9 Å². The van der Waals surface area contributed by atoms with Crippen molar-refractivity contribution in [3.05, 3.63) is 51.7 Å². The largest absolute Gasteiger partial charge is 0.497 e. The maximum absolute atomic E-state index is 13.5. The summed E-state index contributed by atoms with van der Waals surface area (Å²) >= 11 is 3.41. The Labute approximate surface area is 202 Å². The molecule has 0 spiro atoms. The summed E-state index contributed by atoms with van der Waals surface area (Å²) in [7, 11) is 2.96. The summed E-state index contributed by atoms with van der Waals surface area (Å²) in [4.78, 5) is 28.0. The SMILES string of the molecule is C=C1CN2CCc3c(n(C(=O)OC(C)(C)C)c4cc(OC)ccc34)[C@H]2C/C1=C(/Br)C(=O)OC. The monoisotopic (exact) mass is 516 g/mol. The van der Waals surface area contributed by atoms with E-state index in [0.29, 0.717) is 23.2 Å². The summed E-state index contributed by atoms with van der Waals surface area (Å²) in [6, 6.07) is 5.69. The van der Waals surface area contributed by atoms with Crippen molar-refractivity contribution < 1.29 is 23.8 Å². The minimum Gasteiger partial charge on any atom is -0.497 e. The van der Waals surface area contributed by atoms with Gasteiger partial charge in [-0.05, 0) is 78.4 Å². The van der Waals surface area contributed by atoms with Crippen LogP contribution in [-0.4, -0.2) is 54.4 Å². The average Bonchev–Trinajstić information content (AvgIpc) is 3.10. The Kier molecular flexibility index (Phi) is 6.18. The van der Waals surface area contributed by atoms with Crippen LogP contribution in [0.5, 0.6) is 5.75 Å². The summed E-state index contributed by atoms with van der Waals surface area (Å²) in [5.74, 6) is 0.234. The van der Waals surface area contributed by atoms with E-state index >= 15 is 0 Å². The van der Waals surface area contributed by atoms with Gasteiger partial charge in [0.1, 0.15) is 15.8 Å². The number of carbonyl (C=O) groups excluding carboxylic acids is 2. The fraction of sp³-hybridized carbons (Fsp3) is 0.440. The standard InChI is InChI=1S/C25H29BrN2O5/c1-14-13-27-10-9-17-16-8-7-15(31-5)11-19(16)28(24(30)33-25(2,3)4)22(17)20(27)12-18(14)21(26)23(29)32-6/h7-8,11,20H,1,9-10,12-13H2,2-6H3/b21-18-/t20-/m1/s1. The number of ether oxygens (including phenoxy) is 3. The Morgan fingerprint density at radius 2 is 1.94 bits per heavy atom. The van der Waals surface area contributed by atoms with Gasteiger partial charge in [0.05, 0.1) is 31.5 Å². The van der Waals surface area contributed by atoms with E-state index in [-0.39, 0.29) is 6.04 Å². The molecule has 0 amide bonds. The van der Waals surface area contributed by atoms with Crippen LogP contribution in [0.4, 0.5) is 4.79 Å². The van der Waals surface area contributed by atoms with Gasteiger partial charge in [-0.3, -0.25) is 4.90 Å². The molecular weight excluding hydrogens is 488 g/mol. The zero-order valence-corrected chi connectivity index (χ0v) is 21.2. The van der Waals surface area contributed by atoms with E-state index in [4.69, 9.17) is 14.2 Å². The Hall–Kier alpha value is -2.58. The molecular formula is C25H29BrN2O5. The van der Waals surface area contributed by atoms with Gasteiger partial charge in [0.2, 0.25) is 0 Å². The number of hydrogen-bond donors (Lipinski definition) is 0. The molecule has 3 heterocycles. The van der Waals surface area contributed by atoms with Crippen LogP contribution in [0.15, 0.2) is 40.4 Å². The Morgan fingerprint density at radius 1 is 1.21 bits per heavy atom. The van der Waals surface area contributed by atoms with Crippen molar-refractivity contribution in [2.75, 3.05) is 27.3 Å². The summed E-state index contributed by atoms with van der Waals surface area (Å²) in [6.07, 6.45) is 0.901. The van der Waals surface area contributed by atoms with E-state index in [1.807, 2.05) is 39.0 Å². The van der Waals surface area contributed by atoms with Crippen LogP contribution in [0, 0.1) is 0 Å². The van der Waals surface area contributed by atoms with Crippen molar-refractivity contribution in [2.45, 2.75) is 45.3 Å². The van der Waals surface area contributed by atoms with Crippen LogP contribution >= 0.6 is 15.9 Å². The van der Waals surface area contributed by atoms with E-state index in [9.17, 15) is 9.59 Å². The zero-order valence-electron chi connectivity index (χ0n) is 19.7. The highest BCUT2D eigenvalue weighted by molar-refractivity contribution is 9.12. The highest BCUT2D eigenvalue weighted by Crippen LogP contribution is 2.45. The number of rotatable bonds is 2. The molecule has 4 rings (SSSR count). The number of methoxy groups -OCH3 is 2. The maximum atomic E-state index is 13.5. The third-order valence-electron chi connectivity index (χ3n) is 6.15. The Bertz CT molecular complexity index is 1190. The number of halogens is 1. The second kappa shape index (κ2) is 8.65. The molecule has 1 aromatic carbocycles. The Morgan fingerprint density at radius 3 is 2.58 bits per heavy atom. The average molecular weight is 517 g/mol. The lowest BCUT2D eigenvalue weighted by Crippen LogP contribution is -2.42. The summed E-state index contributed by atoms with van der Waals surface area (Å²) < 4.78 is 18.2. The molecule has 1 atom stereocenters. The number of fused-ring (bicyclic) bond motifs is 5. The smallest absolute Gasteiger partial charge is 0.419 e. The molecule has 0 saturated carbocycles. The third-order valence-corrected chi connectivity index (χ3v) is 6.95. The molecule has 1 fully saturated rings. The number of benzene rings is 1. The third kappa shape index (κ3) is 4.22. The minimum absolute atomic E-state index is 0.114. The van der Waals surface area contributed by atoms with Gasteiger partial charge in [-0.15, -0.1) is 0 Å². The fourth-order valence-electron chi connectivity index (χ4n) is 4.73. The summed E-state index contributed by atoms with van der Waals surface area (Å²) in [5.41, 5.74) is 3.82. The zero-order chi connectivity index (χ0) is 24.1. The highest BCUT2D eigenvalue weighted by atomic mass is 79.9. The first-order chi connectivity index (χ1) is 15.6. The van der Waals surface area contributed by atoms with Crippen molar-refractivity contribution in [3.8, 4) is 5.75 Å². The molecule has 8 heteroatoms. The van der Waals surface area contributed by atoms with Crippen LogP contribution in [0.2, 0.25) is 0 Å². The second-order valence-corrected chi connectivity index (χ2v) is 10.2. The van der Waals surface area contributed by atoms with E-state index in [2.05, 4.69) is 27.4 Å². The number of hydrogen-bond acceptors (Lipinski definition) is 6. The van der Waals surface area contributed by atoms with Gasteiger partial charge in [0, 0.05) is 24.5 Å². The molecule has 2 aromatic rings. The molecule has 2 aliphatic heterocycles. The lowest BCUT2D eigenvalue weighted by atomic mass is 9.86. The summed E-state index contributed by atoms with van der Waals surface area (Å²) in [5, 5.41) is 1.01. The lowest BCUT2D eigenvalue weighted by molar-refractivity contribution is -0.135. The molecule has 0 bridgehead atoms. The number of piperidine rings is 1. The molecule has 176 valence electrons. The molecule has 1 aromatic heterocycles. The molecule has 1 saturated heterocycles. The van der Waals surface area contributed by atoms with E-state index in [0.717, 1.165) is 46.3 Å². The van der Waals surface area contributed by atoms with Gasteiger partial charge in [-0.25, -0.2) is 14.2 Å². The van der Waals surface area contributed by atoms with Gasteiger partial charge in [0.25, 0.3) is 0 Å². The van der Waals surface area contributed by atoms with Gasteiger partial charge in [0.15, 0.2) is 0 Å². The normalized spacial score (nSPS) is 20.2. The molecule has 33 heavy (non-hydrogen) atoms. The first kappa shape index (κ1) is 23.6.